The van der Waals surface area contributed by atoms with Crippen molar-refractivity contribution in [3.63, 3.8) is 0 Å². The molecule has 5 rings (SSSR count). The van der Waals surface area contributed by atoms with Gasteiger partial charge < -0.3 is 9.88 Å². The average molecular weight is 427 g/mol. The van der Waals surface area contributed by atoms with Crippen LogP contribution in [0.4, 0.5) is 11.4 Å². The summed E-state index contributed by atoms with van der Waals surface area (Å²) in [5, 5.41) is 13.8. The highest BCUT2D eigenvalue weighted by atomic mass is 16.6. The molecule has 1 N–H and O–H groups in total. The van der Waals surface area contributed by atoms with Gasteiger partial charge in [-0.25, -0.2) is 4.98 Å². The van der Waals surface area contributed by atoms with Crippen LogP contribution >= 0.6 is 0 Å². The van der Waals surface area contributed by atoms with Crippen LogP contribution in [-0.2, 0) is 19.6 Å². The second kappa shape index (κ2) is 8.24. The normalized spacial score (nSPS) is 13.6. The van der Waals surface area contributed by atoms with E-state index in [1.54, 1.807) is 6.07 Å². The van der Waals surface area contributed by atoms with E-state index in [2.05, 4.69) is 39.0 Å². The molecule has 1 aromatic heterocycles. The molecule has 0 saturated carbocycles. The number of imidazole rings is 1. The van der Waals surface area contributed by atoms with Gasteiger partial charge in [-0.3, -0.25) is 19.8 Å². The third-order valence-electron chi connectivity index (χ3n) is 5.66. The van der Waals surface area contributed by atoms with E-state index in [0.717, 1.165) is 43.0 Å². The fraction of sp³-hybridized carbons (Fsp3) is 0.167. The van der Waals surface area contributed by atoms with Crippen LogP contribution in [-0.4, -0.2) is 31.8 Å². The lowest BCUT2D eigenvalue weighted by Crippen LogP contribution is -2.33. The molecule has 160 valence electrons. The maximum absolute atomic E-state index is 12.6. The Morgan fingerprint density at radius 3 is 2.69 bits per heavy atom. The quantitative estimate of drug-likeness (QED) is 0.380. The largest absolute Gasteiger partial charge is 0.326 e. The van der Waals surface area contributed by atoms with E-state index in [0.29, 0.717) is 5.69 Å². The summed E-state index contributed by atoms with van der Waals surface area (Å²) in [5.74, 6) is 0.607. The van der Waals surface area contributed by atoms with Crippen LogP contribution in [0, 0.1) is 10.1 Å². The van der Waals surface area contributed by atoms with Gasteiger partial charge in [-0.1, -0.05) is 36.4 Å². The number of carbonyl (C=O) groups excluding carboxylic acids is 1. The number of nitro benzene ring substituents is 1. The van der Waals surface area contributed by atoms with Crippen molar-refractivity contribution in [2.24, 2.45) is 0 Å². The number of hydrogen-bond acceptors (Lipinski definition) is 5. The smallest absolute Gasteiger partial charge is 0.270 e. The summed E-state index contributed by atoms with van der Waals surface area (Å²) >= 11 is 0. The number of nitrogens with zero attached hydrogens (tertiary/aromatic N) is 4. The molecule has 4 aromatic rings. The third-order valence-corrected chi connectivity index (χ3v) is 5.66. The van der Waals surface area contributed by atoms with Gasteiger partial charge in [0.2, 0.25) is 0 Å². The lowest BCUT2D eigenvalue weighted by molar-refractivity contribution is -0.384. The van der Waals surface area contributed by atoms with Crippen LogP contribution in [0.25, 0.3) is 11.0 Å². The van der Waals surface area contributed by atoms with E-state index >= 15 is 0 Å². The predicted octanol–water partition coefficient (Wildman–Crippen LogP) is 4.21. The number of hydrogen-bond donors (Lipinski definition) is 1. The summed E-state index contributed by atoms with van der Waals surface area (Å²) in [6, 6.07) is 21.7. The molecule has 0 bridgehead atoms. The van der Waals surface area contributed by atoms with Crippen LogP contribution < -0.4 is 5.32 Å². The van der Waals surface area contributed by atoms with Crippen LogP contribution in [0.15, 0.2) is 72.8 Å². The molecule has 1 amide bonds. The molecular weight excluding hydrogens is 406 g/mol. The summed E-state index contributed by atoms with van der Waals surface area (Å²) in [5.41, 5.74) is 3.86. The standard InChI is InChI=1S/C24H21N5O3/c30-24(18-7-4-8-20(13-18)29(31)32)25-19-9-10-22-21(14-19)26-23-16-27(11-12-28(22)23)15-17-5-2-1-3-6-17/h1-10,13-14H,11-12,15-16H2,(H,25,30). The highest BCUT2D eigenvalue weighted by molar-refractivity contribution is 6.05. The van der Waals surface area contributed by atoms with Crippen molar-refractivity contribution in [1.82, 2.24) is 14.5 Å². The first-order valence-corrected chi connectivity index (χ1v) is 10.4. The first-order chi connectivity index (χ1) is 15.6. The molecular formula is C24H21N5O3. The van der Waals surface area contributed by atoms with E-state index < -0.39 is 10.8 Å². The van der Waals surface area contributed by atoms with Gasteiger partial charge in [-0.2, -0.15) is 0 Å². The maximum atomic E-state index is 12.6. The van der Waals surface area contributed by atoms with Crippen molar-refractivity contribution in [2.45, 2.75) is 19.6 Å². The summed E-state index contributed by atoms with van der Waals surface area (Å²) in [6.45, 7) is 3.45. The predicted molar refractivity (Wildman–Crippen MR) is 121 cm³/mol. The number of nitrogens with one attached hydrogen (secondary N) is 1. The fourth-order valence-corrected chi connectivity index (χ4v) is 4.09. The maximum Gasteiger partial charge on any atom is 0.270 e. The number of carbonyl (C=O) groups is 1. The number of fused-ring (bicyclic) bond motifs is 3. The van der Waals surface area contributed by atoms with Gasteiger partial charge in [0.1, 0.15) is 5.82 Å². The highest BCUT2D eigenvalue weighted by Gasteiger charge is 2.20. The lowest BCUT2D eigenvalue weighted by atomic mass is 10.2. The molecule has 0 fully saturated rings. The third kappa shape index (κ3) is 3.95. The number of non-ortho nitro benzene ring substituents is 1. The first-order valence-electron chi connectivity index (χ1n) is 10.4. The van der Waals surface area contributed by atoms with Crippen molar-refractivity contribution in [2.75, 3.05) is 11.9 Å². The summed E-state index contributed by atoms with van der Waals surface area (Å²) in [4.78, 5) is 30.2. The van der Waals surface area contributed by atoms with Crippen molar-refractivity contribution < 1.29 is 9.72 Å². The summed E-state index contributed by atoms with van der Waals surface area (Å²) in [6.07, 6.45) is 0. The van der Waals surface area contributed by atoms with Crippen LogP contribution in [0.3, 0.4) is 0 Å². The topological polar surface area (TPSA) is 93.3 Å². The van der Waals surface area contributed by atoms with Gasteiger partial charge in [0, 0.05) is 43.0 Å². The molecule has 0 radical (unpaired) electrons. The van der Waals surface area contributed by atoms with Gasteiger partial charge in [0.05, 0.1) is 22.5 Å². The Balaban J connectivity index is 1.34. The van der Waals surface area contributed by atoms with Crippen molar-refractivity contribution in [3.05, 3.63) is 99.9 Å². The minimum Gasteiger partial charge on any atom is -0.326 e. The van der Waals surface area contributed by atoms with Gasteiger partial charge in [-0.15, -0.1) is 0 Å². The molecule has 0 atom stereocenters. The molecule has 3 aromatic carbocycles. The number of rotatable bonds is 5. The van der Waals surface area contributed by atoms with E-state index in [1.807, 2.05) is 24.3 Å². The van der Waals surface area contributed by atoms with E-state index in [9.17, 15) is 14.9 Å². The van der Waals surface area contributed by atoms with Gasteiger partial charge in [0.15, 0.2) is 0 Å². The molecule has 0 spiro atoms. The molecule has 0 aliphatic carbocycles. The monoisotopic (exact) mass is 427 g/mol. The zero-order chi connectivity index (χ0) is 22.1. The second-order valence-corrected chi connectivity index (χ2v) is 7.84. The zero-order valence-electron chi connectivity index (χ0n) is 17.3. The molecule has 32 heavy (non-hydrogen) atoms. The zero-order valence-corrected chi connectivity index (χ0v) is 17.3. The minimum atomic E-state index is -0.514. The van der Waals surface area contributed by atoms with Crippen molar-refractivity contribution in [1.29, 1.82) is 0 Å². The number of nitro groups is 1. The number of aromatic nitrogens is 2. The van der Waals surface area contributed by atoms with Crippen molar-refractivity contribution >= 4 is 28.3 Å². The number of benzene rings is 3. The molecule has 1 aliphatic heterocycles. The highest BCUT2D eigenvalue weighted by Crippen LogP contribution is 2.25. The Labute approximate surface area is 184 Å². The van der Waals surface area contributed by atoms with Crippen LogP contribution in [0.1, 0.15) is 21.7 Å². The average Bonchev–Trinajstić information content (AvgIpc) is 3.16. The summed E-state index contributed by atoms with van der Waals surface area (Å²) in [7, 11) is 0. The fourth-order valence-electron chi connectivity index (χ4n) is 4.09. The molecule has 2 heterocycles. The van der Waals surface area contributed by atoms with Gasteiger partial charge >= 0.3 is 0 Å². The Bertz CT molecular complexity index is 1320. The molecule has 8 nitrogen and oxygen atoms in total. The Morgan fingerprint density at radius 1 is 1.03 bits per heavy atom. The lowest BCUT2D eigenvalue weighted by Gasteiger charge is -2.27. The summed E-state index contributed by atoms with van der Waals surface area (Å²) < 4.78 is 2.23. The van der Waals surface area contributed by atoms with Crippen LogP contribution in [0.2, 0.25) is 0 Å². The Hall–Kier alpha value is -4.04. The first kappa shape index (κ1) is 19.9. The molecule has 8 heteroatoms. The van der Waals surface area contributed by atoms with Crippen LogP contribution in [0.5, 0.6) is 0 Å². The molecule has 1 aliphatic rings. The second-order valence-electron chi connectivity index (χ2n) is 7.84. The van der Waals surface area contributed by atoms with E-state index in [4.69, 9.17) is 4.98 Å². The van der Waals surface area contributed by atoms with E-state index in [1.165, 1.54) is 23.8 Å². The minimum absolute atomic E-state index is 0.116. The SMILES string of the molecule is O=C(Nc1ccc2c(c1)nc1n2CCN(Cc2ccccc2)C1)c1cccc([N+](=O)[O-])c1. The Kier molecular flexibility index (Phi) is 5.12. The van der Waals surface area contributed by atoms with Gasteiger partial charge in [0.25, 0.3) is 11.6 Å². The van der Waals surface area contributed by atoms with Gasteiger partial charge in [-0.05, 0) is 29.8 Å². The molecule has 0 unspecified atom stereocenters. The number of anilines is 1. The van der Waals surface area contributed by atoms with Crippen molar-refractivity contribution in [3.8, 4) is 0 Å². The van der Waals surface area contributed by atoms with E-state index in [-0.39, 0.29) is 11.3 Å². The molecule has 0 saturated heterocycles. The number of amides is 1. The Morgan fingerprint density at radius 2 is 1.88 bits per heavy atom.